The van der Waals surface area contributed by atoms with Crippen molar-refractivity contribution in [3.05, 3.63) is 105 Å². The largest absolute Gasteiger partial charge is 0.456 e. The monoisotopic (exact) mass is 908 g/mol. The van der Waals surface area contributed by atoms with Crippen molar-refractivity contribution in [1.29, 1.82) is 0 Å². The van der Waals surface area contributed by atoms with Crippen LogP contribution in [0.4, 0.5) is 28.4 Å². The molecule has 1 heterocycles. The lowest BCUT2D eigenvalue weighted by Crippen LogP contribution is -2.17. The Balaban J connectivity index is 1.60. The van der Waals surface area contributed by atoms with Crippen molar-refractivity contribution >= 4 is 71.5 Å². The lowest BCUT2D eigenvalue weighted by atomic mass is 9.93. The summed E-state index contributed by atoms with van der Waals surface area (Å²) in [6.07, 6.45) is 2.15. The maximum Gasteiger partial charge on any atom is 0.296 e. The standard InChI is InChI=1S/C49H56N4O9S2/c1-26(2)15-19-43(54)52-48-30(7)21-28(5)46(32(48)9)50-34-17-18-35-39(23-34)62-40-25-38(51-47-29(6)22-31(8)49(33(47)10)53-44(55)20-16-27(3)4)42(64(59,60)61)24-37(40)45(35)36-13-11-12-14-41(36)63(56,57)58/h11-14,17-18,21-27,50H,15-16,19-20H2,1-10H3,(H,52,54)(H,53,55)(H,56,57,58)(H,59,60,61)/b51-38+. The molecular weight excluding hydrogens is 853 g/mol. The van der Waals surface area contributed by atoms with Gasteiger partial charge < -0.3 is 20.4 Å². The molecule has 2 aliphatic rings. The molecule has 1 aliphatic carbocycles. The minimum atomic E-state index is -4.99. The Hall–Kier alpha value is -5.87. The maximum absolute atomic E-state index is 13.3. The number of nitrogens with zero attached hydrogens (tertiary/aromatic N) is 1. The van der Waals surface area contributed by atoms with E-state index in [1.165, 1.54) is 30.3 Å². The number of anilines is 4. The highest BCUT2D eigenvalue weighted by Crippen LogP contribution is 2.44. The van der Waals surface area contributed by atoms with E-state index >= 15 is 0 Å². The lowest BCUT2D eigenvalue weighted by molar-refractivity contribution is -0.117. The van der Waals surface area contributed by atoms with Gasteiger partial charge in [0.2, 0.25) is 11.8 Å². The van der Waals surface area contributed by atoms with Gasteiger partial charge in [-0.2, -0.15) is 16.8 Å². The second-order valence-electron chi connectivity index (χ2n) is 17.4. The van der Waals surface area contributed by atoms with Crippen molar-refractivity contribution in [3.63, 3.8) is 0 Å². The number of hydrogen-bond acceptors (Lipinski definition) is 9. The maximum atomic E-state index is 13.3. The fourth-order valence-electron chi connectivity index (χ4n) is 8.08. The Bertz CT molecular complexity index is 3100. The first kappa shape index (κ1) is 47.6. The van der Waals surface area contributed by atoms with E-state index in [4.69, 9.17) is 9.41 Å². The first-order valence-electron chi connectivity index (χ1n) is 21.2. The molecule has 4 aromatic rings. The van der Waals surface area contributed by atoms with Crippen molar-refractivity contribution in [2.75, 3.05) is 16.0 Å². The van der Waals surface area contributed by atoms with Crippen molar-refractivity contribution in [3.8, 4) is 22.5 Å². The normalized spacial score (nSPS) is 12.4. The van der Waals surface area contributed by atoms with Crippen LogP contribution in [0.15, 0.2) is 85.9 Å². The smallest absolute Gasteiger partial charge is 0.296 e. The van der Waals surface area contributed by atoms with Crippen LogP contribution in [0.2, 0.25) is 0 Å². The predicted octanol–water partition coefficient (Wildman–Crippen LogP) is 11.3. The van der Waals surface area contributed by atoms with Gasteiger partial charge in [-0.25, -0.2) is 4.99 Å². The number of hydrogen-bond donors (Lipinski definition) is 5. The molecule has 15 heteroatoms. The van der Waals surface area contributed by atoms with Crippen molar-refractivity contribution in [2.24, 2.45) is 16.8 Å². The van der Waals surface area contributed by atoms with Crippen LogP contribution in [0.3, 0.4) is 0 Å². The van der Waals surface area contributed by atoms with E-state index in [9.17, 15) is 35.5 Å². The average molecular weight is 909 g/mol. The number of amides is 2. The van der Waals surface area contributed by atoms with Crippen LogP contribution in [-0.4, -0.2) is 37.8 Å². The van der Waals surface area contributed by atoms with Gasteiger partial charge in [0.05, 0.1) is 11.0 Å². The van der Waals surface area contributed by atoms with Gasteiger partial charge in [0, 0.05) is 69.8 Å². The third-order valence-corrected chi connectivity index (χ3v) is 13.1. The van der Waals surface area contributed by atoms with Crippen LogP contribution >= 0.6 is 0 Å². The van der Waals surface area contributed by atoms with E-state index in [-0.39, 0.29) is 45.2 Å². The van der Waals surface area contributed by atoms with Gasteiger partial charge >= 0.3 is 0 Å². The second kappa shape index (κ2) is 18.7. The predicted molar refractivity (Wildman–Crippen MR) is 253 cm³/mol. The number of carbonyl (C=O) groups is 2. The molecular formula is C49H56N4O9S2. The first-order valence-corrected chi connectivity index (χ1v) is 24.0. The molecule has 0 atom stereocenters. The van der Waals surface area contributed by atoms with Crippen LogP contribution in [0.5, 0.6) is 0 Å². The van der Waals surface area contributed by atoms with Gasteiger partial charge in [-0.15, -0.1) is 0 Å². The van der Waals surface area contributed by atoms with Gasteiger partial charge in [-0.05, 0) is 124 Å². The highest BCUT2D eigenvalue weighted by atomic mass is 32.2. The van der Waals surface area contributed by atoms with Crippen molar-refractivity contribution in [1.82, 2.24) is 0 Å². The Kier molecular flexibility index (Phi) is 13.9. The zero-order valence-electron chi connectivity index (χ0n) is 37.8. The summed E-state index contributed by atoms with van der Waals surface area (Å²) in [7, 11) is -9.81. The average Bonchev–Trinajstić information content (AvgIpc) is 3.20. The summed E-state index contributed by atoms with van der Waals surface area (Å²) in [5, 5.41) is 9.75. The summed E-state index contributed by atoms with van der Waals surface area (Å²) < 4.78 is 80.0. The first-order chi connectivity index (χ1) is 29.9. The van der Waals surface area contributed by atoms with Gasteiger partial charge in [0.25, 0.3) is 20.2 Å². The summed E-state index contributed by atoms with van der Waals surface area (Å²) in [6, 6.07) is 17.3. The van der Waals surface area contributed by atoms with Crippen molar-refractivity contribution in [2.45, 2.75) is 105 Å². The molecule has 5 N–H and O–H groups in total. The number of rotatable bonds is 14. The summed E-state index contributed by atoms with van der Waals surface area (Å²) >= 11 is 0. The lowest BCUT2D eigenvalue weighted by Gasteiger charge is -2.21. The molecule has 13 nitrogen and oxygen atoms in total. The number of carbonyl (C=O) groups excluding carboxylic acids is 2. The Morgan fingerprint density at radius 2 is 1.19 bits per heavy atom. The third-order valence-electron chi connectivity index (χ3n) is 11.3. The van der Waals surface area contributed by atoms with Crippen LogP contribution in [0, 0.1) is 53.4 Å². The highest BCUT2D eigenvalue weighted by molar-refractivity contribution is 7.86. The Labute approximate surface area is 375 Å². The van der Waals surface area contributed by atoms with E-state index in [1.54, 1.807) is 38.1 Å². The van der Waals surface area contributed by atoms with Crippen LogP contribution < -0.4 is 21.3 Å². The zero-order chi connectivity index (χ0) is 47.0. The molecule has 0 fully saturated rings. The molecule has 0 bridgehead atoms. The summed E-state index contributed by atoms with van der Waals surface area (Å²) in [4.78, 5) is 29.7. The number of nitrogens with one attached hydrogen (secondary N) is 3. The minimum Gasteiger partial charge on any atom is -0.456 e. The van der Waals surface area contributed by atoms with E-state index < -0.39 is 30.0 Å². The summed E-state index contributed by atoms with van der Waals surface area (Å²) in [5.41, 5.74) is 8.20. The molecule has 4 aromatic carbocycles. The van der Waals surface area contributed by atoms with Crippen LogP contribution in [0.25, 0.3) is 33.4 Å². The Morgan fingerprint density at radius 1 is 0.641 bits per heavy atom. The van der Waals surface area contributed by atoms with E-state index in [0.717, 1.165) is 34.4 Å². The fraction of sp³-hybridized carbons (Fsp3) is 0.327. The van der Waals surface area contributed by atoms with E-state index in [1.807, 2.05) is 53.7 Å². The van der Waals surface area contributed by atoms with E-state index in [0.29, 0.717) is 70.4 Å². The molecule has 0 saturated carbocycles. The zero-order valence-corrected chi connectivity index (χ0v) is 39.5. The van der Waals surface area contributed by atoms with Gasteiger partial charge in [-0.1, -0.05) is 58.0 Å². The molecule has 64 heavy (non-hydrogen) atoms. The minimum absolute atomic E-state index is 0.0497. The molecule has 0 saturated heterocycles. The van der Waals surface area contributed by atoms with Crippen LogP contribution in [-0.2, 0) is 29.8 Å². The third kappa shape index (κ3) is 10.4. The SMILES string of the molecule is Cc1cc(C)c(NC(=O)CCC(C)C)c(C)c1/N=c1\cc2oc3cc(Nc4c(C)cc(C)c(NC(=O)CCC(C)C)c4C)ccc3c(-c3ccccc3S(=O)(=O)O)c-2cc1S(=O)(=O)O. The number of benzene rings is 5. The quantitative estimate of drug-likeness (QED) is 0.0516. The molecule has 338 valence electrons. The molecule has 0 radical (unpaired) electrons. The number of aryl methyl sites for hydroxylation is 4. The highest BCUT2D eigenvalue weighted by Gasteiger charge is 2.27. The van der Waals surface area contributed by atoms with Gasteiger partial charge in [0.1, 0.15) is 21.1 Å². The van der Waals surface area contributed by atoms with Crippen LogP contribution in [0.1, 0.15) is 86.8 Å². The Morgan fingerprint density at radius 3 is 1.77 bits per heavy atom. The van der Waals surface area contributed by atoms with E-state index in [2.05, 4.69) is 29.8 Å². The number of fused-ring (bicyclic) bond motifs is 2. The van der Waals surface area contributed by atoms with Gasteiger partial charge in [0.15, 0.2) is 0 Å². The molecule has 2 amide bonds. The molecule has 0 unspecified atom stereocenters. The van der Waals surface area contributed by atoms with Crippen molar-refractivity contribution < 1.29 is 39.9 Å². The molecule has 6 rings (SSSR count). The topological polar surface area (TPSA) is 204 Å². The summed E-state index contributed by atoms with van der Waals surface area (Å²) in [5.74, 6) is 0.526. The second-order valence-corrected chi connectivity index (χ2v) is 20.2. The molecule has 1 aliphatic heterocycles. The molecule has 0 aromatic heterocycles. The summed E-state index contributed by atoms with van der Waals surface area (Å²) in [6.45, 7) is 19.4. The fourth-order valence-corrected chi connectivity index (χ4v) is 9.42. The van der Waals surface area contributed by atoms with Gasteiger partial charge in [-0.3, -0.25) is 18.7 Å². The molecule has 0 spiro atoms.